The standard InChI is InChI=1S/C13H19NOS/c1-4-5-6-11(2)14-12-7-9-13(10-8-12)16(3)15/h4,7-11,14H,1,5-6H2,2-3H3/t11-,16+/m0/s1. The molecule has 0 spiro atoms. The molecule has 1 N–H and O–H groups in total. The van der Waals surface area contributed by atoms with Gasteiger partial charge < -0.3 is 5.32 Å². The van der Waals surface area contributed by atoms with Crippen molar-refractivity contribution in [2.24, 2.45) is 0 Å². The Morgan fingerprint density at radius 3 is 2.56 bits per heavy atom. The van der Waals surface area contributed by atoms with E-state index in [4.69, 9.17) is 0 Å². The second kappa shape index (κ2) is 6.48. The van der Waals surface area contributed by atoms with E-state index in [9.17, 15) is 4.21 Å². The first-order chi connectivity index (χ1) is 7.63. The zero-order chi connectivity index (χ0) is 12.0. The summed E-state index contributed by atoms with van der Waals surface area (Å²) in [5.41, 5.74) is 1.07. The fraction of sp³-hybridized carbons (Fsp3) is 0.385. The van der Waals surface area contributed by atoms with Crippen LogP contribution in [0.4, 0.5) is 5.69 Å². The van der Waals surface area contributed by atoms with Crippen molar-refractivity contribution in [1.29, 1.82) is 0 Å². The minimum absolute atomic E-state index is 0.427. The minimum Gasteiger partial charge on any atom is -0.383 e. The first-order valence-electron chi connectivity index (χ1n) is 5.44. The summed E-state index contributed by atoms with van der Waals surface area (Å²) in [5, 5.41) is 3.40. The Balaban J connectivity index is 2.54. The van der Waals surface area contributed by atoms with Crippen LogP contribution in [0.25, 0.3) is 0 Å². The maximum atomic E-state index is 11.2. The molecule has 0 bridgehead atoms. The molecule has 0 aromatic heterocycles. The van der Waals surface area contributed by atoms with Crippen LogP contribution in [0.3, 0.4) is 0 Å². The summed E-state index contributed by atoms with van der Waals surface area (Å²) < 4.78 is 11.2. The normalized spacial score (nSPS) is 14.1. The molecule has 1 aromatic carbocycles. The van der Waals surface area contributed by atoms with E-state index in [2.05, 4.69) is 18.8 Å². The fourth-order valence-electron chi connectivity index (χ4n) is 1.47. The van der Waals surface area contributed by atoms with Crippen molar-refractivity contribution in [3.8, 4) is 0 Å². The third kappa shape index (κ3) is 4.19. The van der Waals surface area contributed by atoms with Gasteiger partial charge in [0.25, 0.3) is 0 Å². The summed E-state index contributed by atoms with van der Waals surface area (Å²) in [4.78, 5) is 0.865. The number of hydrogen-bond acceptors (Lipinski definition) is 2. The molecular formula is C13H19NOS. The van der Waals surface area contributed by atoms with Crippen LogP contribution in [-0.2, 0) is 10.8 Å². The maximum absolute atomic E-state index is 11.2. The Kier molecular flexibility index (Phi) is 5.26. The Labute approximate surface area is 100 Å². The molecule has 0 saturated carbocycles. The number of rotatable bonds is 6. The second-order valence-corrected chi connectivity index (χ2v) is 5.27. The van der Waals surface area contributed by atoms with Crippen LogP contribution in [0.1, 0.15) is 19.8 Å². The van der Waals surface area contributed by atoms with E-state index < -0.39 is 10.8 Å². The van der Waals surface area contributed by atoms with Gasteiger partial charge in [0.05, 0.1) is 0 Å². The van der Waals surface area contributed by atoms with Gasteiger partial charge in [-0.25, -0.2) is 0 Å². The van der Waals surface area contributed by atoms with Gasteiger partial charge in [-0.2, -0.15) is 0 Å². The van der Waals surface area contributed by atoms with Gasteiger partial charge in [-0.15, -0.1) is 6.58 Å². The molecule has 0 radical (unpaired) electrons. The molecule has 0 fully saturated rings. The highest BCUT2D eigenvalue weighted by Crippen LogP contribution is 2.14. The zero-order valence-electron chi connectivity index (χ0n) is 9.90. The number of nitrogens with one attached hydrogen (secondary N) is 1. The van der Waals surface area contributed by atoms with Crippen LogP contribution in [0.2, 0.25) is 0 Å². The molecule has 16 heavy (non-hydrogen) atoms. The molecule has 88 valence electrons. The molecule has 0 aliphatic carbocycles. The van der Waals surface area contributed by atoms with Crippen molar-refractivity contribution in [3.63, 3.8) is 0 Å². The van der Waals surface area contributed by atoms with Crippen molar-refractivity contribution in [1.82, 2.24) is 0 Å². The smallest absolute Gasteiger partial charge is 0.0498 e. The summed E-state index contributed by atoms with van der Waals surface area (Å²) in [6, 6.07) is 8.18. The van der Waals surface area contributed by atoms with E-state index in [1.165, 1.54) is 0 Å². The summed E-state index contributed by atoms with van der Waals surface area (Å²) in [7, 11) is -0.896. The maximum Gasteiger partial charge on any atom is 0.0498 e. The molecule has 0 aliphatic rings. The molecule has 0 aliphatic heterocycles. The Hall–Kier alpha value is -1.09. The topological polar surface area (TPSA) is 29.1 Å². The highest BCUT2D eigenvalue weighted by molar-refractivity contribution is 7.84. The summed E-state index contributed by atoms with van der Waals surface area (Å²) in [6.07, 6.45) is 5.72. The summed E-state index contributed by atoms with van der Waals surface area (Å²) in [6.45, 7) is 5.86. The van der Waals surface area contributed by atoms with Crippen molar-refractivity contribution in [3.05, 3.63) is 36.9 Å². The van der Waals surface area contributed by atoms with E-state index in [0.29, 0.717) is 6.04 Å². The van der Waals surface area contributed by atoms with E-state index in [-0.39, 0.29) is 0 Å². The lowest BCUT2D eigenvalue weighted by atomic mass is 10.1. The van der Waals surface area contributed by atoms with Crippen molar-refractivity contribution in [2.45, 2.75) is 30.7 Å². The van der Waals surface area contributed by atoms with Crippen molar-refractivity contribution in [2.75, 3.05) is 11.6 Å². The minimum atomic E-state index is -0.896. The average molecular weight is 237 g/mol. The lowest BCUT2D eigenvalue weighted by Crippen LogP contribution is -2.14. The van der Waals surface area contributed by atoms with Crippen molar-refractivity contribution < 1.29 is 4.21 Å². The zero-order valence-corrected chi connectivity index (χ0v) is 10.7. The van der Waals surface area contributed by atoms with Crippen LogP contribution in [-0.4, -0.2) is 16.5 Å². The van der Waals surface area contributed by atoms with E-state index in [1.807, 2.05) is 30.3 Å². The number of benzene rings is 1. The van der Waals surface area contributed by atoms with Gasteiger partial charge in [-0.1, -0.05) is 6.08 Å². The quantitative estimate of drug-likeness (QED) is 0.770. The van der Waals surface area contributed by atoms with Crippen molar-refractivity contribution >= 4 is 16.5 Å². The molecule has 0 heterocycles. The Morgan fingerprint density at radius 2 is 2.06 bits per heavy atom. The van der Waals surface area contributed by atoms with Crippen LogP contribution in [0.15, 0.2) is 41.8 Å². The second-order valence-electron chi connectivity index (χ2n) is 3.89. The van der Waals surface area contributed by atoms with Gasteiger partial charge >= 0.3 is 0 Å². The highest BCUT2D eigenvalue weighted by Gasteiger charge is 2.01. The first kappa shape index (κ1) is 13.0. The molecule has 0 amide bonds. The van der Waals surface area contributed by atoms with Gasteiger partial charge in [0.2, 0.25) is 0 Å². The number of anilines is 1. The Bertz CT molecular complexity index is 359. The van der Waals surface area contributed by atoms with E-state index in [0.717, 1.165) is 23.4 Å². The number of allylic oxidation sites excluding steroid dienone is 1. The molecule has 0 saturated heterocycles. The molecule has 3 heteroatoms. The summed E-state index contributed by atoms with van der Waals surface area (Å²) in [5.74, 6) is 0. The van der Waals surface area contributed by atoms with Crippen LogP contribution >= 0.6 is 0 Å². The summed E-state index contributed by atoms with van der Waals surface area (Å²) >= 11 is 0. The SMILES string of the molecule is C=CCC[C@H](C)Nc1ccc([S@@](C)=O)cc1. The predicted octanol–water partition coefficient (Wildman–Crippen LogP) is 3.19. The van der Waals surface area contributed by atoms with Gasteiger partial charge in [0.1, 0.15) is 0 Å². The number of hydrogen-bond donors (Lipinski definition) is 1. The largest absolute Gasteiger partial charge is 0.383 e. The Morgan fingerprint density at radius 1 is 1.44 bits per heavy atom. The fourth-order valence-corrected chi connectivity index (χ4v) is 1.99. The monoisotopic (exact) mass is 237 g/mol. The van der Waals surface area contributed by atoms with Crippen LogP contribution < -0.4 is 5.32 Å². The lowest BCUT2D eigenvalue weighted by Gasteiger charge is -2.14. The molecule has 1 rings (SSSR count). The van der Waals surface area contributed by atoms with E-state index in [1.54, 1.807) is 6.26 Å². The first-order valence-corrected chi connectivity index (χ1v) is 7.00. The molecule has 0 unspecified atom stereocenters. The van der Waals surface area contributed by atoms with Gasteiger partial charge in [-0.05, 0) is 44.0 Å². The predicted molar refractivity (Wildman–Crippen MR) is 71.3 cm³/mol. The molecular weight excluding hydrogens is 218 g/mol. The molecule has 1 aromatic rings. The van der Waals surface area contributed by atoms with Gasteiger partial charge in [0.15, 0.2) is 0 Å². The van der Waals surface area contributed by atoms with E-state index >= 15 is 0 Å². The third-order valence-electron chi connectivity index (χ3n) is 2.40. The van der Waals surface area contributed by atoms with Crippen LogP contribution in [0.5, 0.6) is 0 Å². The third-order valence-corrected chi connectivity index (χ3v) is 3.34. The average Bonchev–Trinajstić information content (AvgIpc) is 2.27. The van der Waals surface area contributed by atoms with Crippen LogP contribution in [0, 0.1) is 0 Å². The van der Waals surface area contributed by atoms with Gasteiger partial charge in [0, 0.05) is 33.7 Å². The molecule has 2 nitrogen and oxygen atoms in total. The van der Waals surface area contributed by atoms with Gasteiger partial charge in [-0.3, -0.25) is 4.21 Å². The molecule has 2 atom stereocenters. The lowest BCUT2D eigenvalue weighted by molar-refractivity contribution is 0.687. The highest BCUT2D eigenvalue weighted by atomic mass is 32.2.